The summed E-state index contributed by atoms with van der Waals surface area (Å²) in [7, 11) is -2.14. The lowest BCUT2D eigenvalue weighted by Gasteiger charge is -2.35. The number of hydrogen-bond donors (Lipinski definition) is 3. The molecular formula is C13H24N4O3S. The standard InChI is InChI=1S/C13H24N4O3S/c1-3-10-4-6-13(18,7-5-10)9-15-21(19,20)11-8-17(2)16-12(11)14/h8,10,15,18H,3-7,9H2,1-2H3,(H2,14,16). The van der Waals surface area contributed by atoms with Crippen LogP contribution < -0.4 is 10.5 Å². The van der Waals surface area contributed by atoms with Crippen LogP contribution in [0.4, 0.5) is 5.82 Å². The maximum Gasteiger partial charge on any atom is 0.245 e. The first-order valence-corrected chi connectivity index (χ1v) is 8.75. The molecular weight excluding hydrogens is 292 g/mol. The second-order valence-electron chi connectivity index (χ2n) is 5.95. The Balaban J connectivity index is 2.00. The molecule has 0 aliphatic heterocycles. The van der Waals surface area contributed by atoms with Crippen molar-refractivity contribution >= 4 is 15.8 Å². The van der Waals surface area contributed by atoms with E-state index in [-0.39, 0.29) is 17.3 Å². The minimum Gasteiger partial charge on any atom is -0.389 e. The van der Waals surface area contributed by atoms with Crippen molar-refractivity contribution < 1.29 is 13.5 Å². The summed E-state index contributed by atoms with van der Waals surface area (Å²) in [5.74, 6) is 0.600. The van der Waals surface area contributed by atoms with Crippen LogP contribution in [0.15, 0.2) is 11.1 Å². The van der Waals surface area contributed by atoms with Crippen LogP contribution in [0.5, 0.6) is 0 Å². The van der Waals surface area contributed by atoms with Crippen LogP contribution in [0.2, 0.25) is 0 Å². The summed E-state index contributed by atoms with van der Waals surface area (Å²) in [5, 5.41) is 14.3. The second kappa shape index (κ2) is 5.94. The van der Waals surface area contributed by atoms with Crippen LogP contribution in [0.1, 0.15) is 39.0 Å². The van der Waals surface area contributed by atoms with Crippen LogP contribution in [0.25, 0.3) is 0 Å². The number of rotatable bonds is 5. The molecule has 0 saturated heterocycles. The van der Waals surface area contributed by atoms with Gasteiger partial charge in [-0.15, -0.1) is 0 Å². The van der Waals surface area contributed by atoms with E-state index in [9.17, 15) is 13.5 Å². The van der Waals surface area contributed by atoms with E-state index in [1.165, 1.54) is 10.9 Å². The summed E-state index contributed by atoms with van der Waals surface area (Å²) in [5.41, 5.74) is 4.63. The zero-order valence-electron chi connectivity index (χ0n) is 12.5. The van der Waals surface area contributed by atoms with Crippen LogP contribution in [-0.4, -0.2) is 35.5 Å². The van der Waals surface area contributed by atoms with Crippen molar-refractivity contribution in [2.24, 2.45) is 13.0 Å². The Labute approximate surface area is 125 Å². The van der Waals surface area contributed by atoms with Gasteiger partial charge in [-0.2, -0.15) is 5.10 Å². The van der Waals surface area contributed by atoms with Gasteiger partial charge in [0, 0.05) is 19.8 Å². The summed E-state index contributed by atoms with van der Waals surface area (Å²) < 4.78 is 28.2. The minimum absolute atomic E-state index is 0.0140. The first kappa shape index (κ1) is 16.3. The number of aryl methyl sites for hydroxylation is 1. The number of aromatic nitrogens is 2. The number of anilines is 1. The highest BCUT2D eigenvalue weighted by Gasteiger charge is 2.34. The molecule has 1 heterocycles. The van der Waals surface area contributed by atoms with E-state index in [1.54, 1.807) is 7.05 Å². The number of nitrogens with zero attached hydrogens (tertiary/aromatic N) is 2. The monoisotopic (exact) mass is 316 g/mol. The molecule has 1 aliphatic carbocycles. The smallest absolute Gasteiger partial charge is 0.245 e. The number of hydrogen-bond acceptors (Lipinski definition) is 5. The third-order valence-electron chi connectivity index (χ3n) is 4.32. The van der Waals surface area contributed by atoms with E-state index in [1.807, 2.05) is 0 Å². The summed E-state index contributed by atoms with van der Waals surface area (Å²) in [4.78, 5) is -0.0455. The third kappa shape index (κ3) is 3.75. The molecule has 0 spiro atoms. The largest absolute Gasteiger partial charge is 0.389 e. The molecule has 0 amide bonds. The highest BCUT2D eigenvalue weighted by atomic mass is 32.2. The molecule has 1 saturated carbocycles. The normalized spacial score (nSPS) is 26.9. The predicted octanol–water partition coefficient (Wildman–Crippen LogP) is 0.612. The average Bonchev–Trinajstić information content (AvgIpc) is 2.78. The fourth-order valence-corrected chi connectivity index (χ4v) is 4.02. The fraction of sp³-hybridized carbons (Fsp3) is 0.769. The molecule has 0 atom stereocenters. The van der Waals surface area contributed by atoms with Gasteiger partial charge in [0.2, 0.25) is 10.0 Å². The Morgan fingerprint density at radius 3 is 2.62 bits per heavy atom. The van der Waals surface area contributed by atoms with Gasteiger partial charge in [-0.3, -0.25) is 4.68 Å². The number of aliphatic hydroxyl groups is 1. The lowest BCUT2D eigenvalue weighted by Crippen LogP contribution is -2.45. The summed E-state index contributed by atoms with van der Waals surface area (Å²) >= 11 is 0. The van der Waals surface area contributed by atoms with Gasteiger partial charge in [0.15, 0.2) is 5.82 Å². The number of nitrogens with two attached hydrogens (primary N) is 1. The molecule has 1 fully saturated rings. The maximum atomic E-state index is 12.2. The van der Waals surface area contributed by atoms with Gasteiger partial charge in [0.05, 0.1) is 5.60 Å². The first-order valence-electron chi connectivity index (χ1n) is 7.27. The fourth-order valence-electron chi connectivity index (χ4n) is 2.80. The van der Waals surface area contributed by atoms with Gasteiger partial charge in [-0.25, -0.2) is 13.1 Å². The van der Waals surface area contributed by atoms with Crippen molar-refractivity contribution in [2.75, 3.05) is 12.3 Å². The van der Waals surface area contributed by atoms with E-state index >= 15 is 0 Å². The molecule has 8 heteroatoms. The molecule has 0 unspecified atom stereocenters. The van der Waals surface area contributed by atoms with Crippen molar-refractivity contribution in [3.05, 3.63) is 6.20 Å². The zero-order valence-corrected chi connectivity index (χ0v) is 13.4. The number of sulfonamides is 1. The van der Waals surface area contributed by atoms with E-state index < -0.39 is 15.6 Å². The van der Waals surface area contributed by atoms with Gasteiger partial charge in [-0.1, -0.05) is 13.3 Å². The highest BCUT2D eigenvalue weighted by Crippen LogP contribution is 2.33. The highest BCUT2D eigenvalue weighted by molar-refractivity contribution is 7.89. The quantitative estimate of drug-likeness (QED) is 0.737. The van der Waals surface area contributed by atoms with Gasteiger partial charge >= 0.3 is 0 Å². The summed E-state index contributed by atoms with van der Waals surface area (Å²) in [6, 6.07) is 0. The number of nitrogens with one attached hydrogen (secondary N) is 1. The van der Waals surface area contributed by atoms with E-state index in [4.69, 9.17) is 5.73 Å². The number of nitrogen functional groups attached to an aromatic ring is 1. The molecule has 4 N–H and O–H groups in total. The van der Waals surface area contributed by atoms with Crippen molar-refractivity contribution in [3.63, 3.8) is 0 Å². The van der Waals surface area contributed by atoms with Gasteiger partial charge in [0.1, 0.15) is 4.90 Å². The molecule has 120 valence electrons. The topological polar surface area (TPSA) is 110 Å². The van der Waals surface area contributed by atoms with Crippen molar-refractivity contribution in [1.29, 1.82) is 0 Å². The molecule has 2 rings (SSSR count). The Morgan fingerprint density at radius 2 is 2.14 bits per heavy atom. The Kier molecular flexibility index (Phi) is 4.60. The Morgan fingerprint density at radius 1 is 1.52 bits per heavy atom. The van der Waals surface area contributed by atoms with Gasteiger partial charge < -0.3 is 10.8 Å². The molecule has 0 bridgehead atoms. The van der Waals surface area contributed by atoms with Crippen LogP contribution in [-0.2, 0) is 17.1 Å². The van der Waals surface area contributed by atoms with E-state index in [2.05, 4.69) is 16.7 Å². The average molecular weight is 316 g/mol. The Bertz CT molecular complexity index is 589. The second-order valence-corrected chi connectivity index (χ2v) is 7.69. The third-order valence-corrected chi connectivity index (χ3v) is 5.73. The molecule has 0 aromatic carbocycles. The molecule has 0 radical (unpaired) electrons. The summed E-state index contributed by atoms with van der Waals surface area (Å²) in [6.45, 7) is 2.16. The first-order chi connectivity index (χ1) is 9.76. The molecule has 1 aliphatic rings. The lowest BCUT2D eigenvalue weighted by atomic mass is 9.78. The summed E-state index contributed by atoms with van der Waals surface area (Å²) in [6.07, 6.45) is 5.57. The molecule has 1 aromatic rings. The molecule has 21 heavy (non-hydrogen) atoms. The molecule has 7 nitrogen and oxygen atoms in total. The lowest BCUT2D eigenvalue weighted by molar-refractivity contribution is -0.00442. The maximum absolute atomic E-state index is 12.2. The van der Waals surface area contributed by atoms with Crippen LogP contribution >= 0.6 is 0 Å². The van der Waals surface area contributed by atoms with Gasteiger partial charge in [-0.05, 0) is 31.6 Å². The van der Waals surface area contributed by atoms with Crippen molar-refractivity contribution in [1.82, 2.24) is 14.5 Å². The van der Waals surface area contributed by atoms with Crippen molar-refractivity contribution in [3.8, 4) is 0 Å². The Hall–Kier alpha value is -1.12. The van der Waals surface area contributed by atoms with Crippen molar-refractivity contribution in [2.45, 2.75) is 49.5 Å². The SMILES string of the molecule is CCC1CCC(O)(CNS(=O)(=O)c2cn(C)nc2N)CC1. The van der Waals surface area contributed by atoms with Crippen LogP contribution in [0, 0.1) is 5.92 Å². The predicted molar refractivity (Wildman–Crippen MR) is 80.0 cm³/mol. The van der Waals surface area contributed by atoms with E-state index in [0.29, 0.717) is 18.8 Å². The van der Waals surface area contributed by atoms with Crippen LogP contribution in [0.3, 0.4) is 0 Å². The molecule has 1 aromatic heterocycles. The van der Waals surface area contributed by atoms with Gasteiger partial charge in [0.25, 0.3) is 0 Å². The zero-order chi connectivity index (χ0) is 15.7. The van der Waals surface area contributed by atoms with E-state index in [0.717, 1.165) is 19.3 Å². The minimum atomic E-state index is -3.75.